The van der Waals surface area contributed by atoms with Gasteiger partial charge in [0.15, 0.2) is 11.4 Å². The molecule has 0 saturated heterocycles. The number of fused-ring (bicyclic) bond motifs is 3. The van der Waals surface area contributed by atoms with Crippen LogP contribution in [0.5, 0.6) is 11.5 Å². The van der Waals surface area contributed by atoms with E-state index in [1.165, 1.54) is 4.90 Å². The Kier molecular flexibility index (Phi) is 7.13. The van der Waals surface area contributed by atoms with Crippen molar-refractivity contribution >= 4 is 23.2 Å². The van der Waals surface area contributed by atoms with Gasteiger partial charge in [-0.2, -0.15) is 0 Å². The number of primary amides is 1. The lowest BCUT2D eigenvalue weighted by molar-refractivity contribution is -0.153. The van der Waals surface area contributed by atoms with Gasteiger partial charge in [0, 0.05) is 17.1 Å². The van der Waals surface area contributed by atoms with Gasteiger partial charge in [-0.3, -0.25) is 19.3 Å². The number of carbonyl (C=O) groups is 3. The van der Waals surface area contributed by atoms with Crippen LogP contribution in [-0.2, 0) is 27.2 Å². The predicted octanol–water partition coefficient (Wildman–Crippen LogP) is 1.93. The zero-order valence-electron chi connectivity index (χ0n) is 23.7. The Morgan fingerprint density at radius 1 is 1.14 bits per heavy atom. The topological polar surface area (TPSA) is 171 Å². The molecule has 0 bridgehead atoms. The van der Waals surface area contributed by atoms with Crippen molar-refractivity contribution in [3.05, 3.63) is 75.1 Å². The number of ketones is 2. The van der Waals surface area contributed by atoms with Gasteiger partial charge in [0.1, 0.15) is 28.6 Å². The van der Waals surface area contributed by atoms with Gasteiger partial charge in [0.05, 0.1) is 24.3 Å². The number of benzene rings is 2. The molecule has 10 nitrogen and oxygen atoms in total. The summed E-state index contributed by atoms with van der Waals surface area (Å²) in [7, 11) is 4.69. The van der Waals surface area contributed by atoms with Crippen LogP contribution in [-0.4, -0.2) is 75.6 Å². The summed E-state index contributed by atoms with van der Waals surface area (Å²) in [5, 5.41) is 45.6. The van der Waals surface area contributed by atoms with Crippen LogP contribution in [0.1, 0.15) is 41.2 Å². The lowest BCUT2D eigenvalue weighted by atomic mass is 9.57. The first-order valence-electron chi connectivity index (χ1n) is 13.5. The van der Waals surface area contributed by atoms with Crippen molar-refractivity contribution in [1.82, 2.24) is 4.90 Å². The number of phenolic OH excluding ortho intramolecular Hbond substituents is 1. The molecule has 5 rings (SSSR count). The monoisotopic (exact) mass is 572 g/mol. The summed E-state index contributed by atoms with van der Waals surface area (Å²) in [6.07, 6.45) is 0.812. The van der Waals surface area contributed by atoms with Gasteiger partial charge >= 0.3 is 0 Å². The first-order valence-corrected chi connectivity index (χ1v) is 13.5. The van der Waals surface area contributed by atoms with Gasteiger partial charge in [0.25, 0.3) is 5.91 Å². The van der Waals surface area contributed by atoms with Crippen molar-refractivity contribution in [3.63, 3.8) is 0 Å². The number of hydrogen-bond donors (Lipinski definition) is 5. The average molecular weight is 573 g/mol. The number of aryl methyl sites for hydroxylation is 1. The number of methoxy groups -OCH3 is 1. The number of amides is 1. The van der Waals surface area contributed by atoms with Gasteiger partial charge in [-0.05, 0) is 80.7 Å². The van der Waals surface area contributed by atoms with Crippen LogP contribution >= 0.6 is 0 Å². The molecule has 6 N–H and O–H groups in total. The molecule has 1 amide bonds. The molecule has 2 aromatic rings. The second-order valence-corrected chi connectivity index (χ2v) is 11.1. The average Bonchev–Trinajstić information content (AvgIpc) is 2.94. The van der Waals surface area contributed by atoms with Crippen LogP contribution in [0, 0.1) is 23.7 Å². The van der Waals surface area contributed by atoms with E-state index in [9.17, 15) is 34.8 Å². The van der Waals surface area contributed by atoms with E-state index in [1.54, 1.807) is 51.5 Å². The summed E-state index contributed by atoms with van der Waals surface area (Å²) < 4.78 is 5.17. The van der Waals surface area contributed by atoms with E-state index in [0.717, 1.165) is 5.56 Å². The van der Waals surface area contributed by atoms with Crippen LogP contribution in [0.4, 0.5) is 0 Å². The standard InChI is InChI=1S/C32H32N2O8/c1-5-16-12-17(9-6-15-7-10-19(42-4)11-8-15)26(35)23-20(16)13-18-14-21-25(34(2)3)28(37)24(31(33)40)30(39)32(21,41)29(38)22(18)27(23)36/h7-8,10-12,18,21,25,35-36,39,41H,5,13-14H2,1-4H3,(H2,33,40)/t18-,21-,25-,32-/m1/s1. The second-order valence-electron chi connectivity index (χ2n) is 11.1. The molecule has 1 saturated carbocycles. The molecule has 2 aromatic carbocycles. The Morgan fingerprint density at radius 3 is 2.38 bits per heavy atom. The Hall–Kier alpha value is -4.59. The molecule has 10 heteroatoms. The Morgan fingerprint density at radius 2 is 1.81 bits per heavy atom. The molecule has 0 radical (unpaired) electrons. The summed E-state index contributed by atoms with van der Waals surface area (Å²) in [5.74, 6) is -0.231. The van der Waals surface area contributed by atoms with E-state index >= 15 is 0 Å². The maximum absolute atomic E-state index is 14.0. The molecule has 1 fully saturated rings. The number of Topliss-reactive ketones (excluding diaryl/α,β-unsaturated/α-hetero) is 2. The van der Waals surface area contributed by atoms with Crippen molar-refractivity contribution in [2.24, 2.45) is 17.6 Å². The molecule has 0 aromatic heterocycles. The molecule has 218 valence electrons. The Bertz CT molecular complexity index is 1660. The van der Waals surface area contributed by atoms with Crippen LogP contribution in [0.15, 0.2) is 47.2 Å². The first kappa shape index (κ1) is 28.9. The number of carbonyl (C=O) groups excluding carboxylic acids is 3. The molecule has 0 aliphatic heterocycles. The number of aliphatic hydroxyl groups excluding tert-OH is 2. The second kappa shape index (κ2) is 10.4. The highest BCUT2D eigenvalue weighted by Crippen LogP contribution is 2.53. The molecular formula is C32H32N2O8. The summed E-state index contributed by atoms with van der Waals surface area (Å²) in [5.41, 5.74) is 4.04. The lowest BCUT2D eigenvalue weighted by Crippen LogP contribution is -2.65. The summed E-state index contributed by atoms with van der Waals surface area (Å²) in [6, 6.07) is 7.66. The van der Waals surface area contributed by atoms with Crippen molar-refractivity contribution in [2.75, 3.05) is 21.2 Å². The van der Waals surface area contributed by atoms with Crippen molar-refractivity contribution in [3.8, 4) is 23.3 Å². The minimum absolute atomic E-state index is 0.0321. The number of ether oxygens (including phenoxy) is 1. The first-order chi connectivity index (χ1) is 19.9. The highest BCUT2D eigenvalue weighted by molar-refractivity contribution is 6.24. The fraction of sp³-hybridized carbons (Fsp3) is 0.344. The molecule has 0 unspecified atom stereocenters. The van der Waals surface area contributed by atoms with Crippen molar-refractivity contribution in [1.29, 1.82) is 0 Å². The summed E-state index contributed by atoms with van der Waals surface area (Å²) in [6.45, 7) is 1.92. The van der Waals surface area contributed by atoms with Crippen molar-refractivity contribution < 1.29 is 39.5 Å². The molecule has 0 heterocycles. The van der Waals surface area contributed by atoms with Crippen LogP contribution < -0.4 is 10.5 Å². The minimum atomic E-state index is -2.68. The van der Waals surface area contributed by atoms with Gasteiger partial charge < -0.3 is 30.9 Å². The summed E-state index contributed by atoms with van der Waals surface area (Å²) >= 11 is 0. The van der Waals surface area contributed by atoms with E-state index in [2.05, 4.69) is 11.8 Å². The number of nitrogens with two attached hydrogens (primary N) is 1. The molecule has 0 spiro atoms. The van der Waals surface area contributed by atoms with Gasteiger partial charge in [-0.15, -0.1) is 0 Å². The molecular weight excluding hydrogens is 540 g/mol. The van der Waals surface area contributed by atoms with Crippen LogP contribution in [0.2, 0.25) is 0 Å². The number of nitrogens with zero attached hydrogens (tertiary/aromatic N) is 1. The summed E-state index contributed by atoms with van der Waals surface area (Å²) in [4.78, 5) is 40.9. The fourth-order valence-corrected chi connectivity index (χ4v) is 6.61. The van der Waals surface area contributed by atoms with E-state index in [-0.39, 0.29) is 35.3 Å². The lowest BCUT2D eigenvalue weighted by Gasteiger charge is -2.50. The third-order valence-electron chi connectivity index (χ3n) is 8.63. The Labute approximate surface area is 242 Å². The maximum Gasteiger partial charge on any atom is 0.255 e. The van der Waals surface area contributed by atoms with E-state index in [0.29, 0.717) is 23.3 Å². The SMILES string of the molecule is CCc1cc(C#Cc2ccc(OC)cc2)c(O)c2c1C[C@@H]1C[C@@H]3[C@@H](N(C)C)C(=O)C(C(N)=O)=C(O)[C@]3(O)C(=O)C1=C2O. The fourth-order valence-electron chi connectivity index (χ4n) is 6.61. The Balaban J connectivity index is 1.68. The highest BCUT2D eigenvalue weighted by Gasteiger charge is 2.64. The van der Waals surface area contributed by atoms with Gasteiger partial charge in [0.2, 0.25) is 5.78 Å². The number of rotatable bonds is 4. The largest absolute Gasteiger partial charge is 0.508 e. The zero-order valence-corrected chi connectivity index (χ0v) is 23.7. The molecule has 3 aliphatic rings. The molecule has 3 aliphatic carbocycles. The van der Waals surface area contributed by atoms with Gasteiger partial charge in [-0.1, -0.05) is 18.8 Å². The maximum atomic E-state index is 14.0. The number of aromatic hydroxyl groups is 1. The minimum Gasteiger partial charge on any atom is -0.508 e. The van der Waals surface area contributed by atoms with E-state index in [4.69, 9.17) is 10.5 Å². The smallest absolute Gasteiger partial charge is 0.255 e. The highest BCUT2D eigenvalue weighted by atomic mass is 16.5. The number of likely N-dealkylation sites (N-methyl/N-ethyl adjacent to an activating group) is 1. The van der Waals surface area contributed by atoms with Crippen LogP contribution in [0.25, 0.3) is 5.76 Å². The third kappa shape index (κ3) is 4.16. The van der Waals surface area contributed by atoms with Crippen LogP contribution in [0.3, 0.4) is 0 Å². The zero-order chi connectivity index (χ0) is 30.7. The van der Waals surface area contributed by atoms with E-state index < -0.39 is 58.0 Å². The quantitative estimate of drug-likeness (QED) is 0.271. The third-order valence-corrected chi connectivity index (χ3v) is 8.63. The predicted molar refractivity (Wildman–Crippen MR) is 153 cm³/mol. The van der Waals surface area contributed by atoms with E-state index in [1.807, 2.05) is 6.92 Å². The van der Waals surface area contributed by atoms with Gasteiger partial charge in [-0.25, -0.2) is 0 Å². The number of phenols is 1. The number of aliphatic hydroxyl groups is 3. The number of hydrogen-bond acceptors (Lipinski definition) is 9. The molecule has 42 heavy (non-hydrogen) atoms. The van der Waals surface area contributed by atoms with Crippen molar-refractivity contribution in [2.45, 2.75) is 37.8 Å². The molecule has 4 atom stereocenters. The normalized spacial score (nSPS) is 25.0.